The van der Waals surface area contributed by atoms with Crippen molar-refractivity contribution >= 4 is 27.8 Å². The molecule has 0 radical (unpaired) electrons. The zero-order valence-corrected chi connectivity index (χ0v) is 17.1. The van der Waals surface area contributed by atoms with E-state index in [0.29, 0.717) is 28.1 Å². The van der Waals surface area contributed by atoms with E-state index in [1.165, 1.54) is 21.3 Å². The van der Waals surface area contributed by atoms with E-state index < -0.39 is 0 Å². The number of rotatable bonds is 8. The van der Waals surface area contributed by atoms with Crippen LogP contribution in [-0.2, 0) is 16.1 Å². The van der Waals surface area contributed by atoms with Gasteiger partial charge < -0.3 is 19.1 Å². The summed E-state index contributed by atoms with van der Waals surface area (Å²) in [6.45, 7) is 0.610. The van der Waals surface area contributed by atoms with Crippen molar-refractivity contribution in [3.8, 4) is 11.5 Å². The standard InChI is InChI=1S/C20H22BrNO5/c1-25-16-11-15(12-17(26-2)19(16)21)20(24)22(10-9-18(23)27-3)13-14-7-5-4-6-8-14/h4-8,11-12H,9-10,13H2,1-3H3. The number of hydrogen-bond acceptors (Lipinski definition) is 5. The maximum atomic E-state index is 13.1. The lowest BCUT2D eigenvalue weighted by molar-refractivity contribution is -0.140. The second-order valence-electron chi connectivity index (χ2n) is 5.73. The molecule has 0 N–H and O–H groups in total. The SMILES string of the molecule is COC(=O)CCN(Cc1ccccc1)C(=O)c1cc(OC)c(Br)c(OC)c1. The first-order valence-corrected chi connectivity index (χ1v) is 9.11. The molecule has 0 saturated carbocycles. The van der Waals surface area contributed by atoms with Crippen LogP contribution in [0.4, 0.5) is 0 Å². The first kappa shape index (κ1) is 20.8. The molecule has 2 aromatic rings. The number of amides is 1. The molecule has 0 saturated heterocycles. The minimum absolute atomic E-state index is 0.111. The minimum Gasteiger partial charge on any atom is -0.495 e. The van der Waals surface area contributed by atoms with Crippen molar-refractivity contribution in [1.82, 2.24) is 4.90 Å². The Bertz CT molecular complexity index is 769. The van der Waals surface area contributed by atoms with Gasteiger partial charge in [0.25, 0.3) is 5.91 Å². The van der Waals surface area contributed by atoms with Gasteiger partial charge in [-0.3, -0.25) is 9.59 Å². The predicted molar refractivity (Wildman–Crippen MR) is 105 cm³/mol. The fourth-order valence-electron chi connectivity index (χ4n) is 2.56. The number of esters is 1. The highest BCUT2D eigenvalue weighted by atomic mass is 79.9. The molecule has 0 unspecified atom stereocenters. The van der Waals surface area contributed by atoms with Gasteiger partial charge in [-0.2, -0.15) is 0 Å². The molecule has 144 valence electrons. The lowest BCUT2D eigenvalue weighted by atomic mass is 10.1. The summed E-state index contributed by atoms with van der Waals surface area (Å²) in [4.78, 5) is 26.3. The van der Waals surface area contributed by atoms with Crippen LogP contribution < -0.4 is 9.47 Å². The number of ether oxygens (including phenoxy) is 3. The van der Waals surface area contributed by atoms with Crippen molar-refractivity contribution < 1.29 is 23.8 Å². The van der Waals surface area contributed by atoms with Gasteiger partial charge in [0.05, 0.1) is 27.8 Å². The Hall–Kier alpha value is -2.54. The molecule has 6 nitrogen and oxygen atoms in total. The number of methoxy groups -OCH3 is 3. The molecule has 27 heavy (non-hydrogen) atoms. The molecule has 0 aliphatic carbocycles. The molecule has 0 spiro atoms. The summed E-state index contributed by atoms with van der Waals surface area (Å²) in [5.74, 6) is 0.384. The smallest absolute Gasteiger partial charge is 0.307 e. The van der Waals surface area contributed by atoms with Crippen LogP contribution in [0.15, 0.2) is 46.9 Å². The third-order valence-electron chi connectivity index (χ3n) is 4.01. The summed E-state index contributed by atoms with van der Waals surface area (Å²) < 4.78 is 16.0. The van der Waals surface area contributed by atoms with Crippen LogP contribution in [0.2, 0.25) is 0 Å². The van der Waals surface area contributed by atoms with Crippen LogP contribution >= 0.6 is 15.9 Å². The predicted octanol–water partition coefficient (Wildman–Crippen LogP) is 3.67. The van der Waals surface area contributed by atoms with Crippen LogP contribution in [0.1, 0.15) is 22.3 Å². The third kappa shape index (κ3) is 5.47. The Kier molecular flexibility index (Phi) is 7.67. The fraction of sp³-hybridized carbons (Fsp3) is 0.300. The average Bonchev–Trinajstić information content (AvgIpc) is 2.71. The summed E-state index contributed by atoms with van der Waals surface area (Å²) in [5.41, 5.74) is 1.37. The summed E-state index contributed by atoms with van der Waals surface area (Å²) in [5, 5.41) is 0. The molecule has 1 amide bonds. The molecule has 2 aromatic carbocycles. The Balaban J connectivity index is 2.33. The highest BCUT2D eigenvalue weighted by Crippen LogP contribution is 2.36. The molecule has 0 aromatic heterocycles. The first-order valence-electron chi connectivity index (χ1n) is 8.31. The fourth-order valence-corrected chi connectivity index (χ4v) is 3.11. The molecular formula is C20H22BrNO5. The largest absolute Gasteiger partial charge is 0.495 e. The molecule has 0 aliphatic rings. The second-order valence-corrected chi connectivity index (χ2v) is 6.53. The normalized spacial score (nSPS) is 10.2. The lowest BCUT2D eigenvalue weighted by Gasteiger charge is -2.23. The zero-order valence-electron chi connectivity index (χ0n) is 15.5. The van der Waals surface area contributed by atoms with Crippen LogP contribution in [0.3, 0.4) is 0 Å². The van der Waals surface area contributed by atoms with Crippen molar-refractivity contribution in [3.63, 3.8) is 0 Å². The number of benzene rings is 2. The van der Waals surface area contributed by atoms with Crippen molar-refractivity contribution in [3.05, 3.63) is 58.1 Å². The second kappa shape index (κ2) is 9.97. The first-order chi connectivity index (χ1) is 13.0. The van der Waals surface area contributed by atoms with Gasteiger partial charge in [0.1, 0.15) is 16.0 Å². The van der Waals surface area contributed by atoms with E-state index in [2.05, 4.69) is 15.9 Å². The van der Waals surface area contributed by atoms with Crippen molar-refractivity contribution in [2.75, 3.05) is 27.9 Å². The van der Waals surface area contributed by atoms with Gasteiger partial charge in [0.15, 0.2) is 0 Å². The molecule has 0 fully saturated rings. The van der Waals surface area contributed by atoms with E-state index in [0.717, 1.165) is 5.56 Å². The molecule has 2 rings (SSSR count). The van der Waals surface area contributed by atoms with Gasteiger partial charge in [0.2, 0.25) is 0 Å². The third-order valence-corrected chi connectivity index (χ3v) is 4.79. The quantitative estimate of drug-likeness (QED) is 0.591. The topological polar surface area (TPSA) is 65.1 Å². The monoisotopic (exact) mass is 435 g/mol. The highest BCUT2D eigenvalue weighted by Gasteiger charge is 2.21. The van der Waals surface area contributed by atoms with Crippen LogP contribution in [0.25, 0.3) is 0 Å². The van der Waals surface area contributed by atoms with Crippen molar-refractivity contribution in [1.29, 1.82) is 0 Å². The van der Waals surface area contributed by atoms with E-state index in [1.54, 1.807) is 17.0 Å². The maximum Gasteiger partial charge on any atom is 0.307 e. The summed E-state index contributed by atoms with van der Waals surface area (Å²) in [6.07, 6.45) is 0.111. The van der Waals surface area contributed by atoms with Crippen molar-refractivity contribution in [2.24, 2.45) is 0 Å². The zero-order chi connectivity index (χ0) is 19.8. The van der Waals surface area contributed by atoms with Gasteiger partial charge in [-0.15, -0.1) is 0 Å². The Morgan fingerprint density at radius 1 is 1.00 bits per heavy atom. The Labute approximate surface area is 167 Å². The number of nitrogens with zero attached hydrogens (tertiary/aromatic N) is 1. The number of hydrogen-bond donors (Lipinski definition) is 0. The highest BCUT2D eigenvalue weighted by molar-refractivity contribution is 9.10. The molecule has 0 heterocycles. The number of halogens is 1. The summed E-state index contributed by atoms with van der Waals surface area (Å²) in [7, 11) is 4.37. The summed E-state index contributed by atoms with van der Waals surface area (Å²) >= 11 is 3.40. The van der Waals surface area contributed by atoms with Gasteiger partial charge >= 0.3 is 5.97 Å². The lowest BCUT2D eigenvalue weighted by Crippen LogP contribution is -2.32. The molecule has 0 bridgehead atoms. The van der Waals surface area contributed by atoms with E-state index in [9.17, 15) is 9.59 Å². The average molecular weight is 436 g/mol. The van der Waals surface area contributed by atoms with E-state index in [-0.39, 0.29) is 24.8 Å². The molecular weight excluding hydrogens is 414 g/mol. The number of carbonyl (C=O) groups is 2. The number of carbonyl (C=O) groups excluding carboxylic acids is 2. The van der Waals surface area contributed by atoms with Crippen LogP contribution in [0.5, 0.6) is 11.5 Å². The van der Waals surface area contributed by atoms with E-state index in [1.807, 2.05) is 30.3 Å². The minimum atomic E-state index is -0.369. The molecule has 0 atom stereocenters. The molecule has 0 aliphatic heterocycles. The maximum absolute atomic E-state index is 13.1. The van der Waals surface area contributed by atoms with E-state index in [4.69, 9.17) is 14.2 Å². The van der Waals surface area contributed by atoms with Crippen molar-refractivity contribution in [2.45, 2.75) is 13.0 Å². The van der Waals surface area contributed by atoms with Crippen LogP contribution in [-0.4, -0.2) is 44.7 Å². The van der Waals surface area contributed by atoms with Crippen LogP contribution in [0, 0.1) is 0 Å². The van der Waals surface area contributed by atoms with E-state index >= 15 is 0 Å². The Morgan fingerprint density at radius 3 is 2.11 bits per heavy atom. The van der Waals surface area contributed by atoms with Gasteiger partial charge in [-0.25, -0.2) is 0 Å². The van der Waals surface area contributed by atoms with Gasteiger partial charge in [-0.05, 0) is 33.6 Å². The Morgan fingerprint density at radius 2 is 1.59 bits per heavy atom. The van der Waals surface area contributed by atoms with Gasteiger partial charge in [0, 0.05) is 18.7 Å². The summed E-state index contributed by atoms with van der Waals surface area (Å²) in [6, 6.07) is 12.9. The van der Waals surface area contributed by atoms with Gasteiger partial charge in [-0.1, -0.05) is 30.3 Å². The molecule has 7 heteroatoms.